The van der Waals surface area contributed by atoms with Gasteiger partial charge in [-0.2, -0.15) is 0 Å². The number of nitrogens with zero attached hydrogens (tertiary/aromatic N) is 1. The first kappa shape index (κ1) is 15.2. The van der Waals surface area contributed by atoms with Crippen LogP contribution in [0.15, 0.2) is 24.3 Å². The van der Waals surface area contributed by atoms with Crippen LogP contribution in [0.5, 0.6) is 5.75 Å². The lowest BCUT2D eigenvalue weighted by molar-refractivity contribution is 0.123. The van der Waals surface area contributed by atoms with E-state index in [9.17, 15) is 4.79 Å². The summed E-state index contributed by atoms with van der Waals surface area (Å²) in [4.78, 5) is 13.2. The highest BCUT2D eigenvalue weighted by Gasteiger charge is 2.23. The van der Waals surface area contributed by atoms with E-state index in [1.807, 2.05) is 24.3 Å². The average molecular weight is 303 g/mol. The smallest absolute Gasteiger partial charge is 0.410 e. The van der Waals surface area contributed by atoms with Gasteiger partial charge in [0, 0.05) is 6.54 Å². The van der Waals surface area contributed by atoms with Crippen molar-refractivity contribution in [1.29, 1.82) is 0 Å². The predicted octanol–water partition coefficient (Wildman–Crippen LogP) is 3.99. The molecule has 3 rings (SSSR count). The molecule has 1 aliphatic carbocycles. The van der Waals surface area contributed by atoms with Gasteiger partial charge in [0.25, 0.3) is 0 Å². The SMILES string of the molecule is CC(Oc1ccc(CN2CCOC2=O)cc1)C1CCCCC1. The molecule has 1 aliphatic heterocycles. The van der Waals surface area contributed by atoms with Crippen LogP contribution in [0.1, 0.15) is 44.6 Å². The summed E-state index contributed by atoms with van der Waals surface area (Å²) >= 11 is 0. The van der Waals surface area contributed by atoms with Crippen molar-refractivity contribution in [1.82, 2.24) is 4.90 Å². The van der Waals surface area contributed by atoms with Gasteiger partial charge >= 0.3 is 6.09 Å². The predicted molar refractivity (Wildman–Crippen MR) is 84.9 cm³/mol. The Morgan fingerprint density at radius 3 is 2.59 bits per heavy atom. The van der Waals surface area contributed by atoms with Crippen LogP contribution >= 0.6 is 0 Å². The lowest BCUT2D eigenvalue weighted by Gasteiger charge is -2.28. The fourth-order valence-corrected chi connectivity index (χ4v) is 3.38. The number of amides is 1. The molecule has 0 aromatic heterocycles. The van der Waals surface area contributed by atoms with Crippen LogP contribution in [0.25, 0.3) is 0 Å². The fourth-order valence-electron chi connectivity index (χ4n) is 3.38. The molecular formula is C18H25NO3. The van der Waals surface area contributed by atoms with Gasteiger partial charge in [-0.3, -0.25) is 0 Å². The van der Waals surface area contributed by atoms with E-state index in [0.29, 0.717) is 25.6 Å². The number of ether oxygens (including phenoxy) is 2. The minimum Gasteiger partial charge on any atom is -0.490 e. The summed E-state index contributed by atoms with van der Waals surface area (Å²) in [7, 11) is 0. The number of cyclic esters (lactones) is 1. The average Bonchev–Trinajstić information content (AvgIpc) is 2.95. The molecule has 1 amide bonds. The van der Waals surface area contributed by atoms with Gasteiger partial charge in [-0.05, 0) is 43.4 Å². The summed E-state index contributed by atoms with van der Waals surface area (Å²) in [6.07, 6.45) is 6.68. The van der Waals surface area contributed by atoms with Crippen molar-refractivity contribution < 1.29 is 14.3 Å². The Kier molecular flexibility index (Phi) is 4.86. The second kappa shape index (κ2) is 7.03. The summed E-state index contributed by atoms with van der Waals surface area (Å²) in [5.41, 5.74) is 1.11. The largest absolute Gasteiger partial charge is 0.490 e. The number of carbonyl (C=O) groups is 1. The molecule has 4 heteroatoms. The highest BCUT2D eigenvalue weighted by atomic mass is 16.6. The lowest BCUT2D eigenvalue weighted by Crippen LogP contribution is -2.25. The molecule has 2 aliphatic rings. The van der Waals surface area contributed by atoms with Crippen LogP contribution in [0.4, 0.5) is 4.79 Å². The van der Waals surface area contributed by atoms with Crippen molar-refractivity contribution in [3.8, 4) is 5.75 Å². The highest BCUT2D eigenvalue weighted by molar-refractivity contribution is 5.69. The van der Waals surface area contributed by atoms with Crippen LogP contribution in [0, 0.1) is 5.92 Å². The van der Waals surface area contributed by atoms with Gasteiger partial charge in [-0.25, -0.2) is 4.79 Å². The maximum absolute atomic E-state index is 11.4. The standard InChI is InChI=1S/C18H25NO3/c1-14(16-5-3-2-4-6-16)22-17-9-7-15(8-10-17)13-19-11-12-21-18(19)20/h7-10,14,16H,2-6,11-13H2,1H3. The van der Waals surface area contributed by atoms with Crippen molar-refractivity contribution in [2.45, 2.75) is 51.7 Å². The van der Waals surface area contributed by atoms with Gasteiger partial charge in [0.2, 0.25) is 0 Å². The molecule has 1 unspecified atom stereocenters. The topological polar surface area (TPSA) is 38.8 Å². The molecular weight excluding hydrogens is 278 g/mol. The minimum atomic E-state index is -0.216. The normalized spacial score (nSPS) is 20.8. The van der Waals surface area contributed by atoms with Crippen molar-refractivity contribution in [3.05, 3.63) is 29.8 Å². The molecule has 1 atom stereocenters. The van der Waals surface area contributed by atoms with E-state index in [2.05, 4.69) is 6.92 Å². The molecule has 0 N–H and O–H groups in total. The third kappa shape index (κ3) is 3.73. The molecule has 1 aromatic rings. The summed E-state index contributed by atoms with van der Waals surface area (Å²) < 4.78 is 11.0. The van der Waals surface area contributed by atoms with Gasteiger partial charge in [0.05, 0.1) is 12.6 Å². The Morgan fingerprint density at radius 2 is 1.95 bits per heavy atom. The van der Waals surface area contributed by atoms with E-state index in [4.69, 9.17) is 9.47 Å². The van der Waals surface area contributed by atoms with Crippen molar-refractivity contribution in [3.63, 3.8) is 0 Å². The molecule has 1 aromatic carbocycles. The zero-order chi connectivity index (χ0) is 15.4. The molecule has 22 heavy (non-hydrogen) atoms. The van der Waals surface area contributed by atoms with Gasteiger partial charge in [0.15, 0.2) is 0 Å². The van der Waals surface area contributed by atoms with Gasteiger partial charge in [-0.15, -0.1) is 0 Å². The zero-order valence-corrected chi connectivity index (χ0v) is 13.3. The number of rotatable bonds is 5. The van der Waals surface area contributed by atoms with E-state index in [0.717, 1.165) is 11.3 Å². The molecule has 0 radical (unpaired) electrons. The first-order valence-electron chi connectivity index (χ1n) is 8.39. The van der Waals surface area contributed by atoms with E-state index in [-0.39, 0.29) is 12.2 Å². The molecule has 0 spiro atoms. The second-order valence-electron chi connectivity index (χ2n) is 6.40. The molecule has 1 saturated carbocycles. The van der Waals surface area contributed by atoms with Crippen LogP contribution in [-0.4, -0.2) is 30.2 Å². The Hall–Kier alpha value is -1.71. The summed E-state index contributed by atoms with van der Waals surface area (Å²) in [6.45, 7) is 3.97. The lowest BCUT2D eigenvalue weighted by atomic mass is 9.86. The van der Waals surface area contributed by atoms with Crippen molar-refractivity contribution in [2.75, 3.05) is 13.2 Å². The van der Waals surface area contributed by atoms with Crippen LogP contribution < -0.4 is 4.74 Å². The first-order valence-corrected chi connectivity index (χ1v) is 8.39. The number of benzene rings is 1. The number of carbonyl (C=O) groups excluding carboxylic acids is 1. The Morgan fingerprint density at radius 1 is 1.23 bits per heavy atom. The van der Waals surface area contributed by atoms with Crippen molar-refractivity contribution in [2.24, 2.45) is 5.92 Å². The van der Waals surface area contributed by atoms with E-state index < -0.39 is 0 Å². The molecule has 1 saturated heterocycles. The summed E-state index contributed by atoms with van der Waals surface area (Å²) in [5, 5.41) is 0. The van der Waals surface area contributed by atoms with E-state index in [1.54, 1.807) is 4.90 Å². The van der Waals surface area contributed by atoms with E-state index in [1.165, 1.54) is 32.1 Å². The van der Waals surface area contributed by atoms with Crippen LogP contribution in [-0.2, 0) is 11.3 Å². The third-order valence-corrected chi connectivity index (χ3v) is 4.78. The second-order valence-corrected chi connectivity index (χ2v) is 6.40. The minimum absolute atomic E-state index is 0.216. The highest BCUT2D eigenvalue weighted by Crippen LogP contribution is 2.29. The Bertz CT molecular complexity index is 494. The zero-order valence-electron chi connectivity index (χ0n) is 13.3. The maximum atomic E-state index is 11.4. The third-order valence-electron chi connectivity index (χ3n) is 4.78. The fraction of sp³-hybridized carbons (Fsp3) is 0.611. The molecule has 120 valence electrons. The van der Waals surface area contributed by atoms with Gasteiger partial charge in [-0.1, -0.05) is 31.4 Å². The maximum Gasteiger partial charge on any atom is 0.410 e. The Labute approximate surface area is 132 Å². The quantitative estimate of drug-likeness (QED) is 0.825. The molecule has 2 fully saturated rings. The number of hydrogen-bond donors (Lipinski definition) is 0. The summed E-state index contributed by atoms with van der Waals surface area (Å²) in [5.74, 6) is 1.61. The Balaban J connectivity index is 1.53. The van der Waals surface area contributed by atoms with E-state index >= 15 is 0 Å². The molecule has 0 bridgehead atoms. The van der Waals surface area contributed by atoms with Gasteiger partial charge < -0.3 is 14.4 Å². The number of hydrogen-bond acceptors (Lipinski definition) is 3. The van der Waals surface area contributed by atoms with Crippen molar-refractivity contribution >= 4 is 6.09 Å². The summed E-state index contributed by atoms with van der Waals surface area (Å²) in [6, 6.07) is 8.09. The molecule has 1 heterocycles. The van der Waals surface area contributed by atoms with Gasteiger partial charge in [0.1, 0.15) is 12.4 Å². The van der Waals surface area contributed by atoms with Crippen LogP contribution in [0.2, 0.25) is 0 Å². The monoisotopic (exact) mass is 303 g/mol. The first-order chi connectivity index (χ1) is 10.7. The molecule has 4 nitrogen and oxygen atoms in total. The van der Waals surface area contributed by atoms with Crippen LogP contribution in [0.3, 0.4) is 0 Å².